The van der Waals surface area contributed by atoms with E-state index in [1.807, 2.05) is 0 Å². The van der Waals surface area contributed by atoms with Crippen molar-refractivity contribution in [2.75, 3.05) is 4.90 Å². The van der Waals surface area contributed by atoms with Gasteiger partial charge in [0.2, 0.25) is 11.6 Å². The summed E-state index contributed by atoms with van der Waals surface area (Å²) in [6.07, 6.45) is 0. The van der Waals surface area contributed by atoms with Crippen molar-refractivity contribution >= 4 is 54.0 Å². The van der Waals surface area contributed by atoms with Gasteiger partial charge in [0.05, 0.1) is 0 Å². The molecule has 1 nitrogen and oxygen atoms in total. The lowest BCUT2D eigenvalue weighted by Crippen LogP contribution is -2.59. The SMILES string of the molecule is C[Si](C)(c1ccccc1N(c1ccccc1)c1ccccc1[Si](C)(C)c1c(F)c(F)c(F)c(F)c1F)c1c(F)c(F)c(F)c(F)c1F. The molecule has 0 aliphatic carbocycles. The molecule has 0 saturated heterocycles. The molecule has 47 heavy (non-hydrogen) atoms. The summed E-state index contributed by atoms with van der Waals surface area (Å²) < 4.78 is 147. The molecular weight excluding hydrogens is 669 g/mol. The molecule has 5 rings (SSSR count). The molecule has 0 saturated carbocycles. The second-order valence-electron chi connectivity index (χ2n) is 11.8. The molecule has 0 N–H and O–H groups in total. The van der Waals surface area contributed by atoms with Crippen LogP contribution in [0.3, 0.4) is 0 Å². The molecule has 0 bridgehead atoms. The Morgan fingerprint density at radius 3 is 0.979 bits per heavy atom. The second kappa shape index (κ2) is 12.3. The molecule has 5 aromatic rings. The van der Waals surface area contributed by atoms with E-state index in [0.29, 0.717) is 5.69 Å². The molecule has 0 fully saturated rings. The fourth-order valence-corrected chi connectivity index (χ4v) is 11.8. The van der Waals surface area contributed by atoms with E-state index in [4.69, 9.17) is 0 Å². The zero-order valence-electron chi connectivity index (χ0n) is 25.2. The molecule has 0 radical (unpaired) electrons. The highest BCUT2D eigenvalue weighted by molar-refractivity contribution is 7.02. The van der Waals surface area contributed by atoms with Crippen molar-refractivity contribution in [3.8, 4) is 0 Å². The number of rotatable bonds is 7. The van der Waals surface area contributed by atoms with Crippen molar-refractivity contribution in [3.63, 3.8) is 0 Å². The summed E-state index contributed by atoms with van der Waals surface area (Å²) >= 11 is 0. The fraction of sp³-hybridized carbons (Fsp3) is 0.118. The Labute approximate surface area is 265 Å². The predicted octanol–water partition coefficient (Wildman–Crippen LogP) is 8.19. The first kappa shape index (κ1) is 34.0. The van der Waals surface area contributed by atoms with Gasteiger partial charge in [-0.25, -0.2) is 43.9 Å². The molecule has 13 heteroatoms. The lowest BCUT2D eigenvalue weighted by Gasteiger charge is -2.36. The number of para-hydroxylation sites is 3. The van der Waals surface area contributed by atoms with Gasteiger partial charge in [-0.3, -0.25) is 0 Å². The Bertz CT molecular complexity index is 1830. The summed E-state index contributed by atoms with van der Waals surface area (Å²) in [7, 11) is -7.72. The molecule has 0 heterocycles. The van der Waals surface area contributed by atoms with Gasteiger partial charge < -0.3 is 4.90 Å². The average molecular weight is 694 g/mol. The molecule has 0 aliphatic rings. The van der Waals surface area contributed by atoms with Crippen LogP contribution in [0.4, 0.5) is 61.0 Å². The summed E-state index contributed by atoms with van der Waals surface area (Å²) in [5.74, 6) is -20.8. The van der Waals surface area contributed by atoms with E-state index >= 15 is 17.6 Å². The van der Waals surface area contributed by atoms with Crippen molar-refractivity contribution in [1.82, 2.24) is 0 Å². The number of anilines is 3. The highest BCUT2D eigenvalue weighted by Crippen LogP contribution is 2.35. The quantitative estimate of drug-likeness (QED) is 0.0720. The lowest BCUT2D eigenvalue weighted by molar-refractivity contribution is 0.383. The highest BCUT2D eigenvalue weighted by Gasteiger charge is 2.42. The Morgan fingerprint density at radius 2 is 0.638 bits per heavy atom. The minimum atomic E-state index is -3.86. The van der Waals surface area contributed by atoms with E-state index in [9.17, 15) is 26.3 Å². The number of hydrogen-bond acceptors (Lipinski definition) is 1. The minimum Gasteiger partial charge on any atom is -0.311 e. The first-order chi connectivity index (χ1) is 22.0. The zero-order valence-corrected chi connectivity index (χ0v) is 27.2. The van der Waals surface area contributed by atoms with E-state index in [-0.39, 0.29) is 21.7 Å². The van der Waals surface area contributed by atoms with Crippen LogP contribution in [0.25, 0.3) is 0 Å². The maximum absolute atomic E-state index is 15.3. The molecule has 0 unspecified atom stereocenters. The van der Waals surface area contributed by atoms with Gasteiger partial charge in [0.1, 0.15) is 16.1 Å². The van der Waals surface area contributed by atoms with Crippen LogP contribution in [0, 0.1) is 58.2 Å². The fourth-order valence-electron chi connectivity index (χ4n) is 5.96. The van der Waals surface area contributed by atoms with E-state index in [2.05, 4.69) is 0 Å². The Kier molecular flexibility index (Phi) is 8.92. The van der Waals surface area contributed by atoms with Gasteiger partial charge in [0, 0.05) is 27.4 Å². The lowest BCUT2D eigenvalue weighted by atomic mass is 10.2. The van der Waals surface area contributed by atoms with Crippen LogP contribution >= 0.6 is 0 Å². The van der Waals surface area contributed by atoms with E-state index in [0.717, 1.165) is 0 Å². The van der Waals surface area contributed by atoms with Crippen molar-refractivity contribution < 1.29 is 43.9 Å². The molecule has 244 valence electrons. The van der Waals surface area contributed by atoms with Crippen LogP contribution in [0.5, 0.6) is 0 Å². The largest absolute Gasteiger partial charge is 0.311 e. The monoisotopic (exact) mass is 693 g/mol. The van der Waals surface area contributed by atoms with Gasteiger partial charge in [0.25, 0.3) is 0 Å². The molecule has 0 amide bonds. The molecule has 0 spiro atoms. The van der Waals surface area contributed by atoms with Gasteiger partial charge >= 0.3 is 0 Å². The molecule has 0 aliphatic heterocycles. The van der Waals surface area contributed by atoms with Crippen LogP contribution in [0.15, 0.2) is 78.9 Å². The van der Waals surface area contributed by atoms with Crippen LogP contribution in [-0.4, -0.2) is 16.1 Å². The normalized spacial score (nSPS) is 12.0. The Balaban J connectivity index is 1.84. The third-order valence-corrected chi connectivity index (χ3v) is 15.2. The van der Waals surface area contributed by atoms with Crippen LogP contribution in [0.2, 0.25) is 26.2 Å². The van der Waals surface area contributed by atoms with Gasteiger partial charge in [-0.15, -0.1) is 0 Å². The van der Waals surface area contributed by atoms with Gasteiger partial charge in [0.15, 0.2) is 46.5 Å². The average Bonchev–Trinajstić information content (AvgIpc) is 3.05. The minimum absolute atomic E-state index is 0.220. The summed E-state index contributed by atoms with van der Waals surface area (Å²) in [6, 6.07) is 20.6. The van der Waals surface area contributed by atoms with E-state index in [1.54, 1.807) is 59.5 Å². The van der Waals surface area contributed by atoms with Crippen molar-refractivity contribution in [3.05, 3.63) is 137 Å². The summed E-state index contributed by atoms with van der Waals surface area (Å²) in [5.41, 5.74) is 0.875. The Morgan fingerprint density at radius 1 is 0.362 bits per heavy atom. The van der Waals surface area contributed by atoms with Crippen LogP contribution in [0.1, 0.15) is 0 Å². The second-order valence-corrected chi connectivity index (χ2v) is 20.4. The number of benzene rings is 5. The molecule has 0 aromatic heterocycles. The smallest absolute Gasteiger partial charge is 0.200 e. The third kappa shape index (κ3) is 5.44. The van der Waals surface area contributed by atoms with Crippen LogP contribution in [-0.2, 0) is 0 Å². The summed E-state index contributed by atoms with van der Waals surface area (Å²) in [6.45, 7) is 5.64. The summed E-state index contributed by atoms with van der Waals surface area (Å²) in [5, 5.41) is -1.48. The molecule has 0 atom stereocenters. The van der Waals surface area contributed by atoms with Crippen molar-refractivity contribution in [2.45, 2.75) is 26.2 Å². The summed E-state index contributed by atoms with van der Waals surface area (Å²) in [4.78, 5) is 1.58. The van der Waals surface area contributed by atoms with Gasteiger partial charge in [-0.2, -0.15) is 0 Å². The Hall–Kier alpha value is -4.37. The number of hydrogen-bond donors (Lipinski definition) is 0. The van der Waals surface area contributed by atoms with Gasteiger partial charge in [-0.1, -0.05) is 80.8 Å². The van der Waals surface area contributed by atoms with Crippen molar-refractivity contribution in [2.24, 2.45) is 0 Å². The number of nitrogens with zero attached hydrogens (tertiary/aromatic N) is 1. The highest BCUT2D eigenvalue weighted by atomic mass is 28.3. The van der Waals surface area contributed by atoms with Crippen LogP contribution < -0.4 is 25.6 Å². The topological polar surface area (TPSA) is 3.24 Å². The zero-order chi connectivity index (χ0) is 34.6. The molecular formula is C34H25F10NSi2. The predicted molar refractivity (Wildman–Crippen MR) is 167 cm³/mol. The van der Waals surface area contributed by atoms with E-state index < -0.39 is 84.7 Å². The molecule has 5 aromatic carbocycles. The number of halogens is 10. The van der Waals surface area contributed by atoms with Gasteiger partial charge in [-0.05, 0) is 34.6 Å². The standard InChI is InChI=1S/C34H25F10NSi2/c1-46(2,33-29(41)25(37)23(35)26(38)30(33)42)21-16-10-8-14-19(21)45(18-12-6-5-7-13-18)20-15-9-11-17-22(20)47(3,4)34-31(43)27(39)24(36)28(40)32(34)44/h5-17H,1-4H3. The third-order valence-electron chi connectivity index (χ3n) is 8.32. The van der Waals surface area contributed by atoms with Crippen molar-refractivity contribution in [1.29, 1.82) is 0 Å². The van der Waals surface area contributed by atoms with E-state index in [1.165, 1.54) is 50.5 Å². The maximum atomic E-state index is 15.3. The first-order valence-electron chi connectivity index (χ1n) is 14.1. The first-order valence-corrected chi connectivity index (χ1v) is 20.1. The maximum Gasteiger partial charge on any atom is 0.200 e.